The normalized spacial score (nSPS) is 13.2. The van der Waals surface area contributed by atoms with Gasteiger partial charge in [-0.25, -0.2) is 15.0 Å². The predicted octanol–water partition coefficient (Wildman–Crippen LogP) is 18.7. The predicted molar refractivity (Wildman–Crippen MR) is 543 cm³/mol. The molecule has 0 radical (unpaired) electrons. The number of anilines is 21. The van der Waals surface area contributed by atoms with E-state index in [0.717, 1.165) is 152 Å². The van der Waals surface area contributed by atoms with E-state index in [1.807, 2.05) is 113 Å². The number of nitrogens with zero attached hydrogens (tertiary/aromatic N) is 12. The minimum absolute atomic E-state index is 0.182. The summed E-state index contributed by atoms with van der Waals surface area (Å²) in [6.07, 6.45) is 8.74. The molecule has 3 fully saturated rings. The summed E-state index contributed by atoms with van der Waals surface area (Å²) >= 11 is 13.0. The van der Waals surface area contributed by atoms with Crippen LogP contribution in [0.3, 0.4) is 0 Å². The van der Waals surface area contributed by atoms with E-state index >= 15 is 0 Å². The Morgan fingerprint density at radius 3 is 0.948 bits per heavy atom. The first kappa shape index (κ1) is 96.3. The molecule has 0 aliphatic carbocycles. The van der Waals surface area contributed by atoms with Gasteiger partial charge in [0.1, 0.15) is 39.9 Å². The van der Waals surface area contributed by atoms with Gasteiger partial charge >= 0.3 is 0 Å². The van der Waals surface area contributed by atoms with Gasteiger partial charge in [0.15, 0.2) is 0 Å². The number of hydrogen-bond donors (Lipinski definition) is 12. The minimum atomic E-state index is -0.447. The molecular weight excluding hydrogens is 1730 g/mol. The molecule has 12 N–H and O–H groups in total. The number of likely N-dealkylation sites (N-methyl/N-ethyl adjacent to an activating group) is 3. The first-order valence-corrected chi connectivity index (χ1v) is 44.5. The fraction of sp³-hybridized carbons (Fsp3) is 0.228. The molecule has 3 aromatic heterocycles. The maximum absolute atomic E-state index is 13.7. The Morgan fingerprint density at radius 1 is 0.366 bits per heavy atom. The molecule has 6 amide bonds. The van der Waals surface area contributed by atoms with Gasteiger partial charge in [0.2, 0.25) is 35.6 Å². The molecule has 31 nitrogen and oxygen atoms in total. The molecule has 0 bridgehead atoms. The third-order valence-electron chi connectivity index (χ3n) is 22.5. The summed E-state index contributed by atoms with van der Waals surface area (Å²) in [5.41, 5.74) is 16.7. The lowest BCUT2D eigenvalue weighted by Crippen LogP contribution is -2.44. The highest BCUT2D eigenvalue weighted by Gasteiger charge is 2.26. The molecule has 134 heavy (non-hydrogen) atoms. The average Bonchev–Trinajstić information content (AvgIpc) is 0.807. The van der Waals surface area contributed by atoms with Crippen molar-refractivity contribution >= 4 is 179 Å². The molecule has 690 valence electrons. The molecule has 3 aliphatic heterocycles. The summed E-state index contributed by atoms with van der Waals surface area (Å²) in [4.78, 5) is 119. The molecule has 0 saturated carbocycles. The van der Waals surface area contributed by atoms with Gasteiger partial charge in [-0.2, -0.15) is 15.0 Å². The summed E-state index contributed by atoms with van der Waals surface area (Å²) in [6.45, 7) is 34.3. The number of methoxy groups -OCH3 is 1. The second-order valence-electron chi connectivity index (χ2n) is 32.4. The minimum Gasteiger partial charge on any atom is -0.496 e. The number of carbonyl (C=O) groups is 6. The molecule has 6 heterocycles. The van der Waals surface area contributed by atoms with Crippen molar-refractivity contribution < 1.29 is 33.5 Å². The van der Waals surface area contributed by atoms with Gasteiger partial charge in [0.25, 0.3) is 17.7 Å². The molecule has 33 heteroatoms. The molecule has 0 spiro atoms. The van der Waals surface area contributed by atoms with E-state index in [0.29, 0.717) is 72.9 Å². The quantitative estimate of drug-likeness (QED) is 0.0194. The Morgan fingerprint density at radius 2 is 0.664 bits per heavy atom. The Bertz CT molecular complexity index is 5980. The van der Waals surface area contributed by atoms with Gasteiger partial charge in [-0.15, -0.1) is 0 Å². The van der Waals surface area contributed by atoms with Crippen molar-refractivity contribution in [3.05, 3.63) is 299 Å². The maximum Gasteiger partial charge on any atom is 0.261 e. The van der Waals surface area contributed by atoms with Crippen LogP contribution < -0.4 is 83.2 Å². The van der Waals surface area contributed by atoms with Crippen LogP contribution in [0.25, 0.3) is 0 Å². The van der Waals surface area contributed by atoms with Crippen molar-refractivity contribution in [2.75, 3.05) is 185 Å². The third-order valence-corrected chi connectivity index (χ3v) is 23.1. The second kappa shape index (κ2) is 45.5. The molecule has 0 atom stereocenters. The third kappa shape index (κ3) is 25.7. The summed E-state index contributed by atoms with van der Waals surface area (Å²) < 4.78 is 5.55. The van der Waals surface area contributed by atoms with E-state index in [1.165, 1.54) is 36.8 Å². The van der Waals surface area contributed by atoms with Gasteiger partial charge in [0, 0.05) is 143 Å². The van der Waals surface area contributed by atoms with Crippen LogP contribution in [0.1, 0.15) is 71.4 Å². The van der Waals surface area contributed by atoms with Crippen LogP contribution in [0.4, 0.5) is 121 Å². The number of para-hydroxylation sites is 6. The van der Waals surface area contributed by atoms with Crippen molar-refractivity contribution in [3.8, 4) is 5.75 Å². The molecule has 3 aliphatic rings. The van der Waals surface area contributed by atoms with Crippen LogP contribution in [0, 0.1) is 34.6 Å². The zero-order valence-corrected chi connectivity index (χ0v) is 78.1. The second-order valence-corrected chi connectivity index (χ2v) is 33.2. The van der Waals surface area contributed by atoms with Crippen molar-refractivity contribution in [1.29, 1.82) is 0 Å². The Labute approximate surface area is 790 Å². The standard InChI is InChI=1S/C35H40N8O3.2C33H35ClN8O2/c1-6-24-20-23(3)30(21-31(24)46-5)40-34(45)27-22-36-35(37-25-12-14-26(15-13-25)43-18-16-42(4)17-19-43)41-33(27)39-29-11-9-8-10-28(29)38-32(44)7-2;2*1-5-29(43)37-27-8-6-7-9-28(27)38-31-25(32(44)39-30-22(3)18-21(2)19-26(30)34)20-35-33(40-31)36-23-10-12-24(13-11-23)42-16-14-41(4)15-17-42/h7-15,20-22H,2,6,16-19H2,1,3-5H3,(H,38,44)(H,40,45)(H2,36,37,39,41);2*5-13,18-20H,1,14-17H2,2-4H3,(H,37,43)(H,39,44)(H2,35,36,38,40). The number of piperazine rings is 3. The maximum atomic E-state index is 13.7. The first-order chi connectivity index (χ1) is 64.7. The smallest absolute Gasteiger partial charge is 0.261 e. The lowest BCUT2D eigenvalue weighted by Gasteiger charge is -2.34. The highest BCUT2D eigenvalue weighted by Crippen LogP contribution is 2.37. The number of benzene rings is 9. The first-order valence-electron chi connectivity index (χ1n) is 43.7. The number of rotatable bonds is 29. The number of ether oxygens (including phenoxy) is 1. The zero-order chi connectivity index (χ0) is 95.1. The fourth-order valence-corrected chi connectivity index (χ4v) is 15.8. The molecular formula is C101H110Cl2N24O7. The fourth-order valence-electron chi connectivity index (χ4n) is 15.0. The molecule has 0 unspecified atom stereocenters. The lowest BCUT2D eigenvalue weighted by atomic mass is 10.1. The van der Waals surface area contributed by atoms with E-state index in [1.54, 1.807) is 73.8 Å². The van der Waals surface area contributed by atoms with Crippen LogP contribution in [0.2, 0.25) is 10.0 Å². The zero-order valence-electron chi connectivity index (χ0n) is 76.6. The van der Waals surface area contributed by atoms with Crippen molar-refractivity contribution in [1.82, 2.24) is 44.6 Å². The van der Waals surface area contributed by atoms with Gasteiger partial charge in [-0.05, 0) is 235 Å². The highest BCUT2D eigenvalue weighted by atomic mass is 35.5. The van der Waals surface area contributed by atoms with Crippen LogP contribution >= 0.6 is 23.2 Å². The van der Waals surface area contributed by atoms with Crippen LogP contribution in [-0.2, 0) is 20.8 Å². The molecule has 12 aromatic rings. The summed E-state index contributed by atoms with van der Waals surface area (Å²) in [7, 11) is 8.02. The van der Waals surface area contributed by atoms with E-state index in [2.05, 4.69) is 202 Å². The van der Waals surface area contributed by atoms with Crippen LogP contribution in [0.15, 0.2) is 239 Å². The highest BCUT2D eigenvalue weighted by molar-refractivity contribution is 6.35. The van der Waals surface area contributed by atoms with E-state index < -0.39 is 17.7 Å². The largest absolute Gasteiger partial charge is 0.496 e. The van der Waals surface area contributed by atoms with E-state index in [9.17, 15) is 28.8 Å². The summed E-state index contributed by atoms with van der Waals surface area (Å²) in [5.74, 6) is -0.128. The van der Waals surface area contributed by atoms with Crippen molar-refractivity contribution in [2.45, 2.75) is 48.0 Å². The molecule has 15 rings (SSSR count). The van der Waals surface area contributed by atoms with Crippen LogP contribution in [0.5, 0.6) is 5.75 Å². The number of aryl methyl sites for hydroxylation is 6. The molecule has 3 saturated heterocycles. The SMILES string of the molecule is C=CC(=O)Nc1ccccc1Nc1nc(Nc2ccc(N3CCN(C)CC3)cc2)ncc1C(=O)Nc1c(C)cc(C)cc1Cl.C=CC(=O)Nc1ccccc1Nc1nc(Nc2ccc(N3CCN(C)CC3)cc2)ncc1C(=O)Nc1c(C)cc(C)cc1Cl.C=CC(=O)Nc1ccccc1Nc1nc(Nc2ccc(N3CCN(C)CC3)cc2)ncc1C(=O)Nc1cc(OC)c(CC)cc1C. The molecule has 9 aromatic carbocycles. The topological polar surface area (TPSA) is 353 Å². The summed E-state index contributed by atoms with van der Waals surface area (Å²) in [6, 6.07) is 57.0. The Hall–Kier alpha value is -15.3. The monoisotopic (exact) mass is 1840 g/mol. The number of hydrogen-bond acceptors (Lipinski definition) is 25. The summed E-state index contributed by atoms with van der Waals surface area (Å²) in [5, 5.41) is 37.4. The number of aromatic nitrogens is 6. The Kier molecular flexibility index (Phi) is 32.7. The number of nitrogens with one attached hydrogen (secondary N) is 12. The lowest BCUT2D eigenvalue weighted by molar-refractivity contribution is -0.112. The van der Waals surface area contributed by atoms with E-state index in [4.69, 9.17) is 32.9 Å². The van der Waals surface area contributed by atoms with Crippen molar-refractivity contribution in [3.63, 3.8) is 0 Å². The average molecular weight is 1840 g/mol. The van der Waals surface area contributed by atoms with E-state index in [-0.39, 0.29) is 63.8 Å². The number of halogens is 2. The Balaban J connectivity index is 0.000000170. The van der Waals surface area contributed by atoms with Crippen molar-refractivity contribution in [2.24, 2.45) is 0 Å². The van der Waals surface area contributed by atoms with Gasteiger partial charge < -0.3 is 97.9 Å². The van der Waals surface area contributed by atoms with Gasteiger partial charge in [0.05, 0.1) is 62.7 Å². The van der Waals surface area contributed by atoms with Gasteiger partial charge in [-0.3, -0.25) is 28.8 Å². The van der Waals surface area contributed by atoms with Crippen LogP contribution in [-0.4, -0.2) is 187 Å². The number of amides is 6. The number of carbonyl (C=O) groups excluding carboxylic acids is 6. The van der Waals surface area contributed by atoms with Gasteiger partial charge in [-0.1, -0.05) is 104 Å².